The Morgan fingerprint density at radius 2 is 1.84 bits per heavy atom. The maximum Gasteiger partial charge on any atom is 0.156 e. The highest BCUT2D eigenvalue weighted by Crippen LogP contribution is 2.25. The molecule has 0 spiro atoms. The highest BCUT2D eigenvalue weighted by Gasteiger charge is 2.22. The fourth-order valence-corrected chi connectivity index (χ4v) is 5.12. The molecule has 0 saturated carbocycles. The zero-order chi connectivity index (χ0) is 20.9. The number of H-pyrrole nitrogens is 1. The molecule has 2 aliphatic rings. The lowest BCUT2D eigenvalue weighted by Gasteiger charge is -2.36. The minimum absolute atomic E-state index is 0.643. The van der Waals surface area contributed by atoms with Gasteiger partial charge in [-0.05, 0) is 75.4 Å². The molecule has 1 atom stereocenters. The molecular formula is C25H33N5O. The summed E-state index contributed by atoms with van der Waals surface area (Å²) in [7, 11) is 0. The van der Waals surface area contributed by atoms with E-state index in [4.69, 9.17) is 4.74 Å². The van der Waals surface area contributed by atoms with Crippen LogP contribution >= 0.6 is 0 Å². The third kappa shape index (κ3) is 4.85. The van der Waals surface area contributed by atoms with Crippen molar-refractivity contribution < 1.29 is 4.74 Å². The van der Waals surface area contributed by atoms with Gasteiger partial charge in [0.25, 0.3) is 0 Å². The average Bonchev–Trinajstić information content (AvgIpc) is 3.29. The number of ether oxygens (including phenoxy) is 1. The Hall–Kier alpha value is -2.60. The van der Waals surface area contributed by atoms with E-state index in [0.29, 0.717) is 6.61 Å². The Kier molecular flexibility index (Phi) is 6.35. The van der Waals surface area contributed by atoms with Crippen molar-refractivity contribution in [3.8, 4) is 5.75 Å². The number of aryl methyl sites for hydroxylation is 1. The predicted molar refractivity (Wildman–Crippen MR) is 125 cm³/mol. The van der Waals surface area contributed by atoms with Crippen LogP contribution in [0, 0.1) is 0 Å². The summed E-state index contributed by atoms with van der Waals surface area (Å²) in [6.07, 6.45) is 12.4. The molecule has 1 N–H and O–H groups in total. The molecule has 2 aliphatic heterocycles. The van der Waals surface area contributed by atoms with E-state index >= 15 is 0 Å². The van der Waals surface area contributed by atoms with Crippen LogP contribution in [0.15, 0.2) is 42.9 Å². The van der Waals surface area contributed by atoms with E-state index in [1.54, 1.807) is 6.33 Å². The molecule has 31 heavy (non-hydrogen) atoms. The molecule has 1 unspecified atom stereocenters. The van der Waals surface area contributed by atoms with Gasteiger partial charge < -0.3 is 19.5 Å². The van der Waals surface area contributed by atoms with Crippen molar-refractivity contribution in [2.24, 2.45) is 0 Å². The molecule has 2 bridgehead atoms. The minimum Gasteiger partial charge on any atom is -0.492 e. The summed E-state index contributed by atoms with van der Waals surface area (Å²) in [4.78, 5) is 17.5. The monoisotopic (exact) mass is 419 g/mol. The standard InChI is InChI=1S/C25H33N5O/c1-2-13-29-14-3-4-15-30(25-24-23(11-12-26-24)27-19-28-25)16-17-31-22-8-5-6-20(18-22)9-10-21(29)7-1/h5-6,8,11-12,18-19,21,26H,1-4,7,9-10,13-17H2. The van der Waals surface area contributed by atoms with Crippen LogP contribution in [0.3, 0.4) is 0 Å². The summed E-state index contributed by atoms with van der Waals surface area (Å²) in [6.45, 7) is 4.89. The Morgan fingerprint density at radius 3 is 2.81 bits per heavy atom. The Labute approximate surface area is 184 Å². The summed E-state index contributed by atoms with van der Waals surface area (Å²) < 4.78 is 6.17. The average molecular weight is 420 g/mol. The van der Waals surface area contributed by atoms with Crippen LogP contribution in [0.25, 0.3) is 11.0 Å². The lowest BCUT2D eigenvalue weighted by Crippen LogP contribution is -2.40. The maximum atomic E-state index is 6.17. The van der Waals surface area contributed by atoms with Gasteiger partial charge in [-0.1, -0.05) is 18.6 Å². The SMILES string of the molecule is c1cc2cc(c1)OCCN(c1ncnc3cc[nH]c13)CCCCN1CCCCC1CC2. The van der Waals surface area contributed by atoms with E-state index in [2.05, 4.69) is 49.0 Å². The number of nitrogens with one attached hydrogen (secondary N) is 1. The highest BCUT2D eigenvalue weighted by atomic mass is 16.5. The molecule has 4 heterocycles. The summed E-state index contributed by atoms with van der Waals surface area (Å²) >= 11 is 0. The molecule has 6 nitrogen and oxygen atoms in total. The van der Waals surface area contributed by atoms with E-state index < -0.39 is 0 Å². The molecule has 2 aromatic heterocycles. The molecule has 0 aliphatic carbocycles. The van der Waals surface area contributed by atoms with Crippen molar-refractivity contribution in [2.75, 3.05) is 37.7 Å². The topological polar surface area (TPSA) is 57.3 Å². The second-order valence-electron chi connectivity index (χ2n) is 8.85. The molecular weight excluding hydrogens is 386 g/mol. The third-order valence-corrected chi connectivity index (χ3v) is 6.79. The number of benzene rings is 1. The van der Waals surface area contributed by atoms with Crippen molar-refractivity contribution in [2.45, 2.75) is 51.0 Å². The van der Waals surface area contributed by atoms with Crippen molar-refractivity contribution in [3.63, 3.8) is 0 Å². The zero-order valence-electron chi connectivity index (χ0n) is 18.3. The van der Waals surface area contributed by atoms with Gasteiger partial charge in [-0.15, -0.1) is 0 Å². The van der Waals surface area contributed by atoms with Crippen LogP contribution in [-0.2, 0) is 6.42 Å². The first-order valence-electron chi connectivity index (χ1n) is 11.9. The number of rotatable bonds is 1. The van der Waals surface area contributed by atoms with Gasteiger partial charge in [0.1, 0.15) is 24.2 Å². The number of anilines is 1. The number of fused-ring (bicyclic) bond motifs is 4. The first-order chi connectivity index (χ1) is 15.4. The third-order valence-electron chi connectivity index (χ3n) is 6.79. The van der Waals surface area contributed by atoms with Gasteiger partial charge >= 0.3 is 0 Å². The summed E-state index contributed by atoms with van der Waals surface area (Å²) in [5.74, 6) is 1.95. The van der Waals surface area contributed by atoms with Crippen LogP contribution in [0.2, 0.25) is 0 Å². The molecule has 6 heteroatoms. The molecule has 164 valence electrons. The van der Waals surface area contributed by atoms with Crippen molar-refractivity contribution in [1.82, 2.24) is 19.9 Å². The van der Waals surface area contributed by atoms with Crippen LogP contribution in [-0.4, -0.2) is 58.7 Å². The normalized spacial score (nSPS) is 21.7. The van der Waals surface area contributed by atoms with Crippen LogP contribution in [0.4, 0.5) is 5.82 Å². The van der Waals surface area contributed by atoms with Crippen LogP contribution in [0.5, 0.6) is 5.75 Å². The first kappa shape index (κ1) is 20.3. The Bertz CT molecular complexity index is 987. The second kappa shape index (κ2) is 9.69. The predicted octanol–water partition coefficient (Wildman–Crippen LogP) is 4.42. The zero-order valence-corrected chi connectivity index (χ0v) is 18.3. The van der Waals surface area contributed by atoms with Gasteiger partial charge in [0.15, 0.2) is 5.82 Å². The molecule has 1 saturated heterocycles. The Balaban J connectivity index is 1.37. The fourth-order valence-electron chi connectivity index (χ4n) is 5.12. The van der Waals surface area contributed by atoms with Gasteiger partial charge in [-0.3, -0.25) is 0 Å². The van der Waals surface area contributed by atoms with E-state index in [-0.39, 0.29) is 0 Å². The van der Waals surface area contributed by atoms with Crippen molar-refractivity contribution >= 4 is 16.9 Å². The largest absolute Gasteiger partial charge is 0.492 e. The van der Waals surface area contributed by atoms with E-state index in [9.17, 15) is 0 Å². The number of hydrogen-bond acceptors (Lipinski definition) is 5. The van der Waals surface area contributed by atoms with E-state index in [1.807, 2.05) is 12.3 Å². The number of nitrogens with zero attached hydrogens (tertiary/aromatic N) is 4. The molecule has 3 aromatic rings. The first-order valence-corrected chi connectivity index (χ1v) is 11.9. The molecule has 5 rings (SSSR count). The van der Waals surface area contributed by atoms with Crippen molar-refractivity contribution in [1.29, 1.82) is 0 Å². The summed E-state index contributed by atoms with van der Waals surface area (Å²) in [6, 6.07) is 11.4. The molecule has 0 radical (unpaired) electrons. The van der Waals surface area contributed by atoms with E-state index in [1.165, 1.54) is 50.8 Å². The van der Waals surface area contributed by atoms with Gasteiger partial charge in [0, 0.05) is 18.8 Å². The summed E-state index contributed by atoms with van der Waals surface area (Å²) in [5, 5.41) is 0. The lowest BCUT2D eigenvalue weighted by molar-refractivity contribution is 0.138. The number of piperidine rings is 1. The summed E-state index contributed by atoms with van der Waals surface area (Å²) in [5.41, 5.74) is 3.36. The van der Waals surface area contributed by atoms with Crippen LogP contribution in [0.1, 0.15) is 44.1 Å². The fraction of sp³-hybridized carbons (Fsp3) is 0.520. The molecule has 1 aromatic carbocycles. The van der Waals surface area contributed by atoms with Crippen LogP contribution < -0.4 is 9.64 Å². The van der Waals surface area contributed by atoms with E-state index in [0.717, 1.165) is 54.6 Å². The number of aromatic amines is 1. The smallest absolute Gasteiger partial charge is 0.156 e. The molecule has 1 fully saturated rings. The Morgan fingerprint density at radius 1 is 0.935 bits per heavy atom. The second-order valence-corrected chi connectivity index (χ2v) is 8.85. The maximum absolute atomic E-state index is 6.17. The molecule has 0 amide bonds. The highest BCUT2D eigenvalue weighted by molar-refractivity contribution is 5.85. The van der Waals surface area contributed by atoms with Gasteiger partial charge in [0.05, 0.1) is 12.1 Å². The lowest BCUT2D eigenvalue weighted by atomic mass is 9.95. The number of aromatic nitrogens is 3. The van der Waals surface area contributed by atoms with Gasteiger partial charge in [0.2, 0.25) is 0 Å². The van der Waals surface area contributed by atoms with Gasteiger partial charge in [-0.25, -0.2) is 9.97 Å². The minimum atomic E-state index is 0.643. The quantitative estimate of drug-likeness (QED) is 0.633. The van der Waals surface area contributed by atoms with Crippen molar-refractivity contribution in [3.05, 3.63) is 48.4 Å². The van der Waals surface area contributed by atoms with Gasteiger partial charge in [-0.2, -0.15) is 0 Å². The number of hydrogen-bond donors (Lipinski definition) is 1.